The predicted molar refractivity (Wildman–Crippen MR) is 237 cm³/mol. The highest BCUT2D eigenvalue weighted by molar-refractivity contribution is 7.76. The van der Waals surface area contributed by atoms with Crippen LogP contribution in [0.25, 0.3) is 33.4 Å². The molecule has 0 unspecified atom stereocenters. The van der Waals surface area contributed by atoms with Crippen LogP contribution < -0.4 is 20.1 Å². The lowest BCUT2D eigenvalue weighted by molar-refractivity contribution is -0.132. The summed E-state index contributed by atoms with van der Waals surface area (Å²) in [5.74, 6) is -1.06. The fraction of sp³-hybridized carbons (Fsp3) is 0.422. The second kappa shape index (κ2) is 17.2. The molecule has 0 amide bonds. The number of hydrogen-bond acceptors (Lipinski definition) is 12. The number of hydrogen-bond donors (Lipinski definition) is 0. The maximum Gasteiger partial charge on any atom is 0.334 e. The van der Waals surface area contributed by atoms with E-state index in [2.05, 4.69) is 41.5 Å². The number of fused-ring (bicyclic) bond motifs is 3. The quantitative estimate of drug-likeness (QED) is 0.0714. The standard InChI is InChI=1S/C45H57O12P3/c1-26-20-30(44(5,6)7)22-34(36(26)24-58(48,51-11)52-12)40-38(56-28(3)46)18-16-32-33-17-19-39(57-29(4)47)41(43(33)60(50,55-15)42(32)40)35-23-31(45(8,9)10)21-27(2)37(35)25-59(49,53-13)54-14/h16-23H,24-25H2,1-15H3. The molecule has 0 radical (unpaired) electrons. The van der Waals surface area contributed by atoms with Gasteiger partial charge in [-0.1, -0.05) is 65.8 Å². The first-order valence-corrected chi connectivity index (χ1v) is 24.5. The minimum atomic E-state index is -4.34. The Morgan fingerprint density at radius 3 is 1.17 bits per heavy atom. The average molecular weight is 883 g/mol. The summed E-state index contributed by atoms with van der Waals surface area (Å²) in [7, 11) is -5.17. The Kier molecular flexibility index (Phi) is 13.6. The summed E-state index contributed by atoms with van der Waals surface area (Å²) in [4.78, 5) is 25.8. The smallest absolute Gasteiger partial charge is 0.334 e. The molecule has 1 heterocycles. The van der Waals surface area contributed by atoms with Gasteiger partial charge in [0.05, 0.1) is 22.9 Å². The Bertz CT molecular complexity index is 2340. The van der Waals surface area contributed by atoms with Crippen molar-refractivity contribution in [2.24, 2.45) is 0 Å². The summed E-state index contributed by atoms with van der Waals surface area (Å²) >= 11 is 0. The number of benzene rings is 4. The van der Waals surface area contributed by atoms with Gasteiger partial charge in [0.1, 0.15) is 11.5 Å². The van der Waals surface area contributed by atoms with E-state index < -0.39 is 34.5 Å². The van der Waals surface area contributed by atoms with Gasteiger partial charge in [-0.25, -0.2) is 0 Å². The largest absolute Gasteiger partial charge is 0.426 e. The Hall–Kier alpha value is -3.69. The molecule has 0 saturated carbocycles. The van der Waals surface area contributed by atoms with E-state index in [0.29, 0.717) is 33.4 Å². The topological polar surface area (TPSA) is 150 Å². The van der Waals surface area contributed by atoms with Crippen LogP contribution in [0.4, 0.5) is 0 Å². The molecule has 5 rings (SSSR count). The molecular weight excluding hydrogens is 825 g/mol. The molecule has 0 aromatic heterocycles. The lowest BCUT2D eigenvalue weighted by Crippen LogP contribution is -2.20. The molecule has 0 bridgehead atoms. The summed E-state index contributed by atoms with van der Waals surface area (Å²) < 4.78 is 84.3. The fourth-order valence-electron chi connectivity index (χ4n) is 7.65. The van der Waals surface area contributed by atoms with Gasteiger partial charge in [0, 0.05) is 60.5 Å². The summed E-state index contributed by atoms with van der Waals surface area (Å²) in [6, 6.07) is 14.6. The molecule has 15 heteroatoms. The summed E-state index contributed by atoms with van der Waals surface area (Å²) in [6.45, 7) is 18.7. The van der Waals surface area contributed by atoms with E-state index in [9.17, 15) is 18.7 Å². The third kappa shape index (κ3) is 8.95. The second-order valence-corrected chi connectivity index (χ2v) is 23.9. The van der Waals surface area contributed by atoms with Gasteiger partial charge in [0.15, 0.2) is 0 Å². The SMILES string of the molecule is COP(=O)(Cc1c(C)cc(C(C)(C)C)cc1-c1c(OC(C)=O)ccc2c1P(=O)(OC)c1c-2ccc(OC(C)=O)c1-c1cc(C(C)(C)C)cc(C)c1CP(=O)(OC)OC)OC. The molecule has 1 aliphatic heterocycles. The number of carbonyl (C=O) groups excluding carboxylic acids is 2. The van der Waals surface area contributed by atoms with Crippen LogP contribution >= 0.6 is 22.6 Å². The third-order valence-electron chi connectivity index (χ3n) is 11.0. The van der Waals surface area contributed by atoms with Gasteiger partial charge in [-0.3, -0.25) is 23.3 Å². The van der Waals surface area contributed by atoms with Crippen molar-refractivity contribution >= 4 is 45.1 Å². The number of aryl methyl sites for hydroxylation is 2. The van der Waals surface area contributed by atoms with Gasteiger partial charge < -0.3 is 32.1 Å². The molecule has 0 fully saturated rings. The highest BCUT2D eigenvalue weighted by Crippen LogP contribution is 2.62. The van der Waals surface area contributed by atoms with Gasteiger partial charge in [-0.05, 0) is 105 Å². The Labute approximate surface area is 354 Å². The molecule has 1 aliphatic rings. The van der Waals surface area contributed by atoms with Crippen LogP contribution in [-0.4, -0.2) is 47.5 Å². The molecule has 324 valence electrons. The molecular formula is C45H57O12P3. The molecule has 4 aromatic carbocycles. The molecule has 0 saturated heterocycles. The molecule has 0 N–H and O–H groups in total. The van der Waals surface area contributed by atoms with E-state index in [0.717, 1.165) is 22.3 Å². The Balaban J connectivity index is 2.05. The van der Waals surface area contributed by atoms with Crippen molar-refractivity contribution in [3.8, 4) is 44.9 Å². The monoisotopic (exact) mass is 882 g/mol. The van der Waals surface area contributed by atoms with Gasteiger partial charge in [0.25, 0.3) is 7.37 Å². The van der Waals surface area contributed by atoms with Crippen molar-refractivity contribution < 1.29 is 55.4 Å². The number of carbonyl (C=O) groups is 2. The Morgan fingerprint density at radius 1 is 0.567 bits per heavy atom. The zero-order valence-electron chi connectivity index (χ0n) is 37.3. The zero-order chi connectivity index (χ0) is 44.9. The van der Waals surface area contributed by atoms with Gasteiger partial charge in [-0.2, -0.15) is 0 Å². The van der Waals surface area contributed by atoms with Gasteiger partial charge >= 0.3 is 27.1 Å². The summed E-state index contributed by atoms with van der Waals surface area (Å²) in [5.41, 5.74) is 6.19. The molecule has 4 aromatic rings. The third-order valence-corrected chi connectivity index (χ3v) is 17.2. The molecule has 0 atom stereocenters. The first-order valence-electron chi connectivity index (χ1n) is 19.4. The van der Waals surface area contributed by atoms with Crippen LogP contribution in [0.3, 0.4) is 0 Å². The van der Waals surface area contributed by atoms with E-state index in [-0.39, 0.29) is 56.4 Å². The fourth-order valence-corrected chi connectivity index (χ4v) is 12.7. The van der Waals surface area contributed by atoms with E-state index in [1.165, 1.54) is 49.4 Å². The molecule has 12 nitrogen and oxygen atoms in total. The van der Waals surface area contributed by atoms with Crippen molar-refractivity contribution in [1.29, 1.82) is 0 Å². The molecule has 0 aliphatic carbocycles. The first kappa shape index (κ1) is 47.4. The highest BCUT2D eigenvalue weighted by Gasteiger charge is 2.47. The lowest BCUT2D eigenvalue weighted by Gasteiger charge is -2.28. The van der Waals surface area contributed by atoms with E-state index in [1.807, 2.05) is 38.1 Å². The number of esters is 2. The Morgan fingerprint density at radius 2 is 0.900 bits per heavy atom. The van der Waals surface area contributed by atoms with Crippen LogP contribution in [0.5, 0.6) is 11.5 Å². The average Bonchev–Trinajstić information content (AvgIpc) is 3.42. The van der Waals surface area contributed by atoms with Crippen LogP contribution in [0.2, 0.25) is 0 Å². The van der Waals surface area contributed by atoms with Crippen molar-refractivity contribution in [2.75, 3.05) is 35.5 Å². The molecule has 0 spiro atoms. The normalized spacial score (nSPS) is 13.8. The van der Waals surface area contributed by atoms with Gasteiger partial charge in [-0.15, -0.1) is 0 Å². The summed E-state index contributed by atoms with van der Waals surface area (Å²) in [6.07, 6.45) is -0.329. The van der Waals surface area contributed by atoms with Crippen LogP contribution in [0.1, 0.15) is 88.8 Å². The minimum absolute atomic E-state index is 0.0943. The van der Waals surface area contributed by atoms with E-state index in [4.69, 9.17) is 32.1 Å². The van der Waals surface area contributed by atoms with E-state index >= 15 is 4.57 Å². The van der Waals surface area contributed by atoms with Crippen LogP contribution in [-0.2, 0) is 69.1 Å². The van der Waals surface area contributed by atoms with Crippen molar-refractivity contribution in [2.45, 2.75) is 92.4 Å². The first-order chi connectivity index (χ1) is 27.8. The highest BCUT2D eigenvalue weighted by atomic mass is 31.2. The maximum absolute atomic E-state index is 16.5. The molecule has 60 heavy (non-hydrogen) atoms. The number of rotatable bonds is 13. The van der Waals surface area contributed by atoms with Crippen LogP contribution in [0, 0.1) is 13.8 Å². The van der Waals surface area contributed by atoms with Crippen LogP contribution in [0.15, 0.2) is 48.5 Å². The van der Waals surface area contributed by atoms with E-state index in [1.54, 1.807) is 24.3 Å². The van der Waals surface area contributed by atoms with Crippen molar-refractivity contribution in [3.63, 3.8) is 0 Å². The maximum atomic E-state index is 16.5. The predicted octanol–water partition coefficient (Wildman–Crippen LogP) is 10.9. The number of ether oxygens (including phenoxy) is 2. The van der Waals surface area contributed by atoms with Crippen molar-refractivity contribution in [1.82, 2.24) is 0 Å². The minimum Gasteiger partial charge on any atom is -0.426 e. The van der Waals surface area contributed by atoms with Crippen molar-refractivity contribution in [3.05, 3.63) is 81.9 Å². The lowest BCUT2D eigenvalue weighted by atomic mass is 9.81. The van der Waals surface area contributed by atoms with Gasteiger partial charge in [0.2, 0.25) is 0 Å². The second-order valence-electron chi connectivity index (χ2n) is 17.0. The zero-order valence-corrected chi connectivity index (χ0v) is 40.0. The summed E-state index contributed by atoms with van der Waals surface area (Å²) in [5, 5.41) is 0.446.